The van der Waals surface area contributed by atoms with Crippen LogP contribution in [0.5, 0.6) is 0 Å². The molecule has 0 bridgehead atoms. The third-order valence-corrected chi connectivity index (χ3v) is 3.69. The van der Waals surface area contributed by atoms with Gasteiger partial charge in [-0.05, 0) is 6.07 Å². The Kier molecular flexibility index (Phi) is 4.36. The zero-order valence-corrected chi connectivity index (χ0v) is 12.6. The minimum absolute atomic E-state index is 0.232. The van der Waals surface area contributed by atoms with Crippen molar-refractivity contribution in [3.63, 3.8) is 0 Å². The number of anilines is 1. The van der Waals surface area contributed by atoms with Gasteiger partial charge in [0, 0.05) is 44.6 Å². The molecule has 0 atom stereocenters. The maximum absolute atomic E-state index is 12.3. The quantitative estimate of drug-likeness (QED) is 0.842. The van der Waals surface area contributed by atoms with Crippen molar-refractivity contribution in [2.45, 2.75) is 12.6 Å². The number of halogens is 3. The van der Waals surface area contributed by atoms with Gasteiger partial charge in [0.25, 0.3) is 0 Å². The molecule has 1 saturated heterocycles. The van der Waals surface area contributed by atoms with Gasteiger partial charge in [0.2, 0.25) is 5.91 Å². The lowest BCUT2D eigenvalue weighted by atomic mass is 10.2. The van der Waals surface area contributed by atoms with E-state index in [-0.39, 0.29) is 13.1 Å². The summed E-state index contributed by atoms with van der Waals surface area (Å²) in [7, 11) is 0. The second-order valence-corrected chi connectivity index (χ2v) is 5.34. The van der Waals surface area contributed by atoms with Crippen molar-refractivity contribution in [2.24, 2.45) is 0 Å². The zero-order valence-electron chi connectivity index (χ0n) is 12.6. The number of alkyl halides is 3. The molecular weight excluding hydrogens is 325 g/mol. The molecule has 3 heterocycles. The third-order valence-electron chi connectivity index (χ3n) is 3.69. The van der Waals surface area contributed by atoms with Crippen LogP contribution in [0.3, 0.4) is 0 Å². The molecule has 1 aliphatic rings. The number of carbonyl (C=O) groups excluding carboxylic acids is 1. The molecule has 0 radical (unpaired) electrons. The molecule has 1 fully saturated rings. The molecule has 0 aromatic carbocycles. The molecule has 0 N–H and O–H groups in total. The molecule has 0 unspecified atom stereocenters. The first-order valence-corrected chi connectivity index (χ1v) is 7.34. The van der Waals surface area contributed by atoms with Crippen LogP contribution in [0.2, 0.25) is 0 Å². The van der Waals surface area contributed by atoms with Gasteiger partial charge in [-0.2, -0.15) is 18.3 Å². The molecule has 1 amide bonds. The molecule has 1 aliphatic heterocycles. The SMILES string of the molecule is O=C(CC(F)(F)F)N1CCN(c2cc(-n3cccn3)ncn2)CC1. The molecule has 7 nitrogen and oxygen atoms in total. The molecule has 10 heteroatoms. The molecular formula is C14H15F3N6O. The molecule has 0 spiro atoms. The Morgan fingerprint density at radius 1 is 1.12 bits per heavy atom. The summed E-state index contributed by atoms with van der Waals surface area (Å²) >= 11 is 0. The highest BCUT2D eigenvalue weighted by atomic mass is 19.4. The molecule has 0 saturated carbocycles. The van der Waals surface area contributed by atoms with Crippen LogP contribution >= 0.6 is 0 Å². The Hall–Kier alpha value is -2.65. The molecule has 2 aromatic rings. The van der Waals surface area contributed by atoms with E-state index in [1.54, 1.807) is 29.2 Å². The lowest BCUT2D eigenvalue weighted by Crippen LogP contribution is -2.49. The zero-order chi connectivity index (χ0) is 17.2. The molecule has 2 aromatic heterocycles. The predicted molar refractivity (Wildman–Crippen MR) is 78.6 cm³/mol. The summed E-state index contributed by atoms with van der Waals surface area (Å²) in [6.07, 6.45) is -1.09. The van der Waals surface area contributed by atoms with E-state index in [1.807, 2.05) is 4.90 Å². The fraction of sp³-hybridized carbons (Fsp3) is 0.429. The van der Waals surface area contributed by atoms with E-state index < -0.39 is 18.5 Å². The maximum atomic E-state index is 12.3. The maximum Gasteiger partial charge on any atom is 0.397 e. The first-order chi connectivity index (χ1) is 11.4. The van der Waals surface area contributed by atoms with Crippen LogP contribution in [0.4, 0.5) is 19.0 Å². The minimum atomic E-state index is -4.47. The van der Waals surface area contributed by atoms with E-state index >= 15 is 0 Å². The van der Waals surface area contributed by atoms with Gasteiger partial charge in [-0.15, -0.1) is 0 Å². The van der Waals surface area contributed by atoms with E-state index in [4.69, 9.17) is 0 Å². The largest absolute Gasteiger partial charge is 0.397 e. The lowest BCUT2D eigenvalue weighted by molar-refractivity contribution is -0.161. The fourth-order valence-electron chi connectivity index (χ4n) is 2.51. The van der Waals surface area contributed by atoms with Crippen molar-refractivity contribution >= 4 is 11.7 Å². The summed E-state index contributed by atoms with van der Waals surface area (Å²) in [6.45, 7) is 1.30. The van der Waals surface area contributed by atoms with Crippen LogP contribution in [-0.4, -0.2) is 62.9 Å². The van der Waals surface area contributed by atoms with Gasteiger partial charge < -0.3 is 9.80 Å². The Balaban J connectivity index is 1.63. The number of rotatable bonds is 3. The van der Waals surface area contributed by atoms with E-state index in [9.17, 15) is 18.0 Å². The first kappa shape index (κ1) is 16.2. The average molecular weight is 340 g/mol. The molecule has 128 valence electrons. The Morgan fingerprint density at radius 3 is 2.46 bits per heavy atom. The van der Waals surface area contributed by atoms with Gasteiger partial charge in [-0.1, -0.05) is 0 Å². The van der Waals surface area contributed by atoms with E-state index in [2.05, 4.69) is 15.1 Å². The monoisotopic (exact) mass is 340 g/mol. The summed E-state index contributed by atoms with van der Waals surface area (Å²) in [4.78, 5) is 23.1. The lowest BCUT2D eigenvalue weighted by Gasteiger charge is -2.35. The number of nitrogens with zero attached hydrogens (tertiary/aromatic N) is 6. The number of aromatic nitrogens is 4. The fourth-order valence-corrected chi connectivity index (χ4v) is 2.51. The highest BCUT2D eigenvalue weighted by molar-refractivity contribution is 5.77. The van der Waals surface area contributed by atoms with Crippen LogP contribution in [0.15, 0.2) is 30.9 Å². The Labute approximate surface area is 135 Å². The number of hydrogen-bond acceptors (Lipinski definition) is 5. The standard InChI is InChI=1S/C14H15F3N6O/c15-14(16,17)9-13(24)22-6-4-21(5-7-22)11-8-12(19-10-18-11)23-3-1-2-20-23/h1-3,8,10H,4-7,9H2. The van der Waals surface area contributed by atoms with Gasteiger partial charge in [0.1, 0.15) is 18.6 Å². The summed E-state index contributed by atoms with van der Waals surface area (Å²) < 4.78 is 38.5. The highest BCUT2D eigenvalue weighted by Crippen LogP contribution is 2.22. The van der Waals surface area contributed by atoms with Crippen LogP contribution in [0.25, 0.3) is 5.82 Å². The Morgan fingerprint density at radius 2 is 1.83 bits per heavy atom. The number of piperazine rings is 1. The Bertz CT molecular complexity index is 695. The molecule has 0 aliphatic carbocycles. The summed E-state index contributed by atoms with van der Waals surface area (Å²) in [5.74, 6) is 0.362. The van der Waals surface area contributed by atoms with Gasteiger partial charge in [0.15, 0.2) is 5.82 Å². The van der Waals surface area contributed by atoms with E-state index in [0.717, 1.165) is 0 Å². The predicted octanol–water partition coefficient (Wildman–Crippen LogP) is 1.26. The van der Waals surface area contributed by atoms with Gasteiger partial charge >= 0.3 is 6.18 Å². The topological polar surface area (TPSA) is 67.2 Å². The van der Waals surface area contributed by atoms with Gasteiger partial charge in [-0.25, -0.2) is 14.6 Å². The second kappa shape index (κ2) is 6.46. The van der Waals surface area contributed by atoms with Gasteiger partial charge in [-0.3, -0.25) is 4.79 Å². The van der Waals surface area contributed by atoms with Crippen LogP contribution in [0.1, 0.15) is 6.42 Å². The normalized spacial score (nSPS) is 15.6. The van der Waals surface area contributed by atoms with E-state index in [0.29, 0.717) is 24.7 Å². The smallest absolute Gasteiger partial charge is 0.353 e. The molecule has 3 rings (SSSR count). The summed E-state index contributed by atoms with van der Waals surface area (Å²) in [6, 6.07) is 3.52. The van der Waals surface area contributed by atoms with Gasteiger partial charge in [0.05, 0.1) is 0 Å². The summed E-state index contributed by atoms with van der Waals surface area (Å²) in [5, 5.41) is 4.09. The number of amides is 1. The van der Waals surface area contributed by atoms with Crippen molar-refractivity contribution in [3.05, 3.63) is 30.9 Å². The van der Waals surface area contributed by atoms with Crippen molar-refractivity contribution in [1.82, 2.24) is 24.6 Å². The van der Waals surface area contributed by atoms with Crippen LogP contribution < -0.4 is 4.90 Å². The van der Waals surface area contributed by atoms with Crippen molar-refractivity contribution in [1.29, 1.82) is 0 Å². The first-order valence-electron chi connectivity index (χ1n) is 7.34. The average Bonchev–Trinajstić information content (AvgIpc) is 3.08. The second-order valence-electron chi connectivity index (χ2n) is 5.34. The minimum Gasteiger partial charge on any atom is -0.353 e. The van der Waals surface area contributed by atoms with Crippen LogP contribution in [0, 0.1) is 0 Å². The third kappa shape index (κ3) is 3.81. The number of hydrogen-bond donors (Lipinski definition) is 0. The molecule has 24 heavy (non-hydrogen) atoms. The van der Waals surface area contributed by atoms with Crippen LogP contribution in [-0.2, 0) is 4.79 Å². The summed E-state index contributed by atoms with van der Waals surface area (Å²) in [5.41, 5.74) is 0. The van der Waals surface area contributed by atoms with Crippen molar-refractivity contribution in [3.8, 4) is 5.82 Å². The highest BCUT2D eigenvalue weighted by Gasteiger charge is 2.34. The van der Waals surface area contributed by atoms with E-state index in [1.165, 1.54) is 11.2 Å². The van der Waals surface area contributed by atoms with Crippen molar-refractivity contribution in [2.75, 3.05) is 31.1 Å². The van der Waals surface area contributed by atoms with Crippen molar-refractivity contribution < 1.29 is 18.0 Å². The number of carbonyl (C=O) groups is 1.